The average molecular weight is 632 g/mol. The monoisotopic (exact) mass is 630 g/mol. The van der Waals surface area contributed by atoms with Crippen LogP contribution in [0.3, 0.4) is 0 Å². The normalized spacial score (nSPS) is 14.7. The molecule has 36 heavy (non-hydrogen) atoms. The molecule has 0 aliphatic heterocycles. The van der Waals surface area contributed by atoms with E-state index in [-0.39, 0.29) is 57.0 Å². The van der Waals surface area contributed by atoms with Crippen LogP contribution in [0.5, 0.6) is 23.0 Å². The highest BCUT2D eigenvalue weighted by Crippen LogP contribution is 2.36. The Morgan fingerprint density at radius 3 is 2.28 bits per heavy atom. The first kappa shape index (κ1) is 32.5. The van der Waals surface area contributed by atoms with Crippen LogP contribution in [0.15, 0.2) is 24.3 Å². The summed E-state index contributed by atoms with van der Waals surface area (Å²) in [6.07, 6.45) is 9.52. The van der Waals surface area contributed by atoms with Gasteiger partial charge in [0.25, 0.3) is 0 Å². The van der Waals surface area contributed by atoms with Crippen LogP contribution in [0, 0.1) is 6.92 Å². The van der Waals surface area contributed by atoms with Crippen LogP contribution in [0.4, 0.5) is 0 Å². The highest BCUT2D eigenvalue weighted by molar-refractivity contribution is 8.93. The second-order valence-corrected chi connectivity index (χ2v) is 9.68. The number of nitrogens with zero attached hydrogens (tertiary/aromatic N) is 1. The van der Waals surface area contributed by atoms with Crippen LogP contribution >= 0.6 is 34.0 Å². The number of rotatable bonds is 13. The van der Waals surface area contributed by atoms with Crippen LogP contribution < -0.4 is 5.32 Å². The molecule has 0 heterocycles. The van der Waals surface area contributed by atoms with E-state index in [0.29, 0.717) is 11.6 Å². The third-order valence-electron chi connectivity index (χ3n) is 7.12. The number of halogens is 2. The lowest BCUT2D eigenvalue weighted by Gasteiger charge is -2.35. The number of fused-ring (bicyclic) bond motifs is 1. The minimum atomic E-state index is -0.00847. The third-order valence-corrected chi connectivity index (χ3v) is 7.12. The van der Waals surface area contributed by atoms with E-state index in [1.165, 1.54) is 24.8 Å². The number of benzene rings is 2. The van der Waals surface area contributed by atoms with Crippen molar-refractivity contribution in [2.75, 3.05) is 26.2 Å². The van der Waals surface area contributed by atoms with Gasteiger partial charge in [-0.3, -0.25) is 0 Å². The summed E-state index contributed by atoms with van der Waals surface area (Å²) in [6, 6.07) is 7.56. The molecule has 6 nitrogen and oxygen atoms in total. The van der Waals surface area contributed by atoms with Gasteiger partial charge in [-0.1, -0.05) is 25.8 Å². The van der Waals surface area contributed by atoms with Crippen LogP contribution in [-0.4, -0.2) is 57.5 Å². The SMILES string of the molecule is Br.Br.CCCN(CCCCCCNCCc1cc(O)c(C)c(O)c1)C1CCc2c(ccc(O)c2O)C1. The fourth-order valence-corrected chi connectivity index (χ4v) is 5.04. The number of hydrogen-bond donors (Lipinski definition) is 5. The zero-order valence-corrected chi connectivity index (χ0v) is 25.1. The molecule has 0 bridgehead atoms. The Kier molecular flexibility index (Phi) is 14.8. The van der Waals surface area contributed by atoms with Gasteiger partial charge in [0.15, 0.2) is 11.5 Å². The first-order valence-corrected chi connectivity index (χ1v) is 12.9. The standard InChI is InChI=1S/C28H42N2O4.2BrH/c1-3-15-30(23-9-10-24-22(19-23)8-11-25(31)28(24)34)16-7-5-4-6-13-29-14-12-21-17-26(32)20(2)27(33)18-21;;/h8,11,17-18,23,29,31-34H,3-7,9-10,12-16,19H2,1-2H3;2*1H. The summed E-state index contributed by atoms with van der Waals surface area (Å²) in [7, 11) is 0. The Labute approximate surface area is 237 Å². The first-order chi connectivity index (χ1) is 16.4. The van der Waals surface area contributed by atoms with E-state index >= 15 is 0 Å². The highest BCUT2D eigenvalue weighted by Gasteiger charge is 2.26. The Hall–Kier alpha value is -1.48. The van der Waals surface area contributed by atoms with Crippen molar-refractivity contribution in [1.29, 1.82) is 0 Å². The number of nitrogens with one attached hydrogen (secondary N) is 1. The van der Waals surface area contributed by atoms with Gasteiger partial charge in [0.2, 0.25) is 0 Å². The van der Waals surface area contributed by atoms with Crippen LogP contribution in [0.25, 0.3) is 0 Å². The zero-order chi connectivity index (χ0) is 24.5. The Bertz CT molecular complexity index is 919. The molecule has 5 N–H and O–H groups in total. The summed E-state index contributed by atoms with van der Waals surface area (Å²) in [5.41, 5.74) is 3.58. The number of phenolic OH excluding ortho intramolecular Hbond substituents is 4. The number of phenols is 4. The smallest absolute Gasteiger partial charge is 0.160 e. The summed E-state index contributed by atoms with van der Waals surface area (Å²) in [6.45, 7) is 7.99. The maximum atomic E-state index is 10.2. The summed E-state index contributed by atoms with van der Waals surface area (Å²) in [5, 5.41) is 43.0. The molecule has 1 aliphatic rings. The molecule has 2 aromatic carbocycles. The van der Waals surface area contributed by atoms with Crippen LogP contribution in [0.2, 0.25) is 0 Å². The van der Waals surface area contributed by atoms with Crippen molar-refractivity contribution in [3.63, 3.8) is 0 Å². The topological polar surface area (TPSA) is 96.2 Å². The van der Waals surface area contributed by atoms with E-state index in [1.807, 2.05) is 6.07 Å². The molecule has 8 heteroatoms. The minimum absolute atomic E-state index is 0. The van der Waals surface area contributed by atoms with Crippen molar-refractivity contribution in [3.8, 4) is 23.0 Å². The van der Waals surface area contributed by atoms with Gasteiger partial charge in [0.05, 0.1) is 0 Å². The maximum Gasteiger partial charge on any atom is 0.160 e. The van der Waals surface area contributed by atoms with Crippen molar-refractivity contribution < 1.29 is 20.4 Å². The summed E-state index contributed by atoms with van der Waals surface area (Å²) >= 11 is 0. The van der Waals surface area contributed by atoms with Gasteiger partial charge in [0.1, 0.15) is 11.5 Å². The molecule has 2 aromatic rings. The molecule has 1 aliphatic carbocycles. The molecule has 1 unspecified atom stereocenters. The van der Waals surface area contributed by atoms with Crippen molar-refractivity contribution >= 4 is 34.0 Å². The molecule has 0 amide bonds. The van der Waals surface area contributed by atoms with E-state index in [1.54, 1.807) is 25.1 Å². The van der Waals surface area contributed by atoms with Crippen molar-refractivity contribution in [1.82, 2.24) is 10.2 Å². The van der Waals surface area contributed by atoms with Crippen molar-refractivity contribution in [2.45, 2.75) is 77.7 Å². The molecular formula is C28H44Br2N2O4. The average Bonchev–Trinajstić information content (AvgIpc) is 2.82. The number of unbranched alkanes of at least 4 members (excludes halogenated alkanes) is 3. The second kappa shape index (κ2) is 16.4. The molecule has 0 aromatic heterocycles. The van der Waals surface area contributed by atoms with Gasteiger partial charge >= 0.3 is 0 Å². The fraction of sp³-hybridized carbons (Fsp3) is 0.571. The van der Waals surface area contributed by atoms with E-state index in [4.69, 9.17) is 0 Å². The number of hydrogen-bond acceptors (Lipinski definition) is 6. The van der Waals surface area contributed by atoms with Crippen molar-refractivity contribution in [3.05, 3.63) is 46.5 Å². The molecule has 0 saturated carbocycles. The largest absolute Gasteiger partial charge is 0.508 e. The lowest BCUT2D eigenvalue weighted by Crippen LogP contribution is -2.40. The van der Waals surface area contributed by atoms with Gasteiger partial charge in [-0.2, -0.15) is 0 Å². The van der Waals surface area contributed by atoms with Gasteiger partial charge < -0.3 is 30.6 Å². The van der Waals surface area contributed by atoms with Gasteiger partial charge in [-0.15, -0.1) is 34.0 Å². The summed E-state index contributed by atoms with van der Waals surface area (Å²) in [4.78, 5) is 2.62. The van der Waals surface area contributed by atoms with Crippen LogP contribution in [-0.2, 0) is 19.3 Å². The highest BCUT2D eigenvalue weighted by atomic mass is 79.9. The van der Waals surface area contributed by atoms with Gasteiger partial charge in [-0.25, -0.2) is 0 Å². The predicted molar refractivity (Wildman–Crippen MR) is 158 cm³/mol. The lowest BCUT2D eigenvalue weighted by atomic mass is 9.86. The Balaban J connectivity index is 0.00000324. The Morgan fingerprint density at radius 2 is 1.58 bits per heavy atom. The Morgan fingerprint density at radius 1 is 0.889 bits per heavy atom. The number of aromatic hydroxyl groups is 4. The van der Waals surface area contributed by atoms with Gasteiger partial charge in [-0.05, 0) is 107 Å². The molecule has 1 atom stereocenters. The minimum Gasteiger partial charge on any atom is -0.508 e. The third kappa shape index (κ3) is 9.12. The molecule has 3 rings (SSSR count). The molecule has 0 spiro atoms. The zero-order valence-electron chi connectivity index (χ0n) is 21.6. The summed E-state index contributed by atoms with van der Waals surface area (Å²) < 4.78 is 0. The maximum absolute atomic E-state index is 10.2. The van der Waals surface area contributed by atoms with E-state index in [2.05, 4.69) is 17.1 Å². The van der Waals surface area contributed by atoms with E-state index in [0.717, 1.165) is 75.8 Å². The molecule has 204 valence electrons. The first-order valence-electron chi connectivity index (χ1n) is 12.9. The molecule has 0 radical (unpaired) electrons. The van der Waals surface area contributed by atoms with E-state index < -0.39 is 0 Å². The van der Waals surface area contributed by atoms with Crippen molar-refractivity contribution in [2.24, 2.45) is 0 Å². The molecule has 0 fully saturated rings. The quantitative estimate of drug-likeness (QED) is 0.139. The molecular weight excluding hydrogens is 588 g/mol. The fourth-order valence-electron chi connectivity index (χ4n) is 5.04. The second-order valence-electron chi connectivity index (χ2n) is 9.68. The molecule has 0 saturated heterocycles. The summed E-state index contributed by atoms with van der Waals surface area (Å²) in [5.74, 6) is 0.372. The van der Waals surface area contributed by atoms with Gasteiger partial charge in [0, 0.05) is 17.2 Å². The lowest BCUT2D eigenvalue weighted by molar-refractivity contribution is 0.175. The van der Waals surface area contributed by atoms with Crippen LogP contribution in [0.1, 0.15) is 67.7 Å². The predicted octanol–water partition coefficient (Wildman–Crippen LogP) is 5.94. The van der Waals surface area contributed by atoms with E-state index in [9.17, 15) is 20.4 Å².